The number of fused-ring (bicyclic) bond motifs is 1. The van der Waals surface area contributed by atoms with Crippen molar-refractivity contribution in [3.8, 4) is 5.82 Å². The standard InChI is InChI=1S/C22H14F6N4O/c1-12-17(11-29-32(12)19-7-6-13-4-2-3-5-18(13)31-19)20(33)30-16-9-14(21(23,24)25)8-15(10-16)22(26,27)28/h2-11H,1H3,(H,30,33). The molecule has 0 unspecified atom stereocenters. The number of aromatic nitrogens is 3. The highest BCUT2D eigenvalue weighted by Gasteiger charge is 2.37. The Bertz CT molecular complexity index is 1320. The molecule has 4 rings (SSSR count). The van der Waals surface area contributed by atoms with Crippen molar-refractivity contribution in [2.45, 2.75) is 19.3 Å². The zero-order chi connectivity index (χ0) is 24.0. The van der Waals surface area contributed by atoms with Gasteiger partial charge in [-0.15, -0.1) is 0 Å². The fourth-order valence-corrected chi connectivity index (χ4v) is 3.26. The minimum Gasteiger partial charge on any atom is -0.322 e. The molecule has 0 aliphatic carbocycles. The van der Waals surface area contributed by atoms with E-state index in [1.807, 2.05) is 12.1 Å². The van der Waals surface area contributed by atoms with E-state index in [0.29, 0.717) is 29.2 Å². The molecule has 2 aromatic heterocycles. The Labute approximate surface area is 182 Å². The molecule has 2 aromatic carbocycles. The first-order chi connectivity index (χ1) is 15.4. The van der Waals surface area contributed by atoms with Crippen LogP contribution in [0.5, 0.6) is 0 Å². The highest BCUT2D eigenvalue weighted by molar-refractivity contribution is 6.05. The summed E-state index contributed by atoms with van der Waals surface area (Å²) in [5.41, 5.74) is -2.74. The Morgan fingerprint density at radius 1 is 0.909 bits per heavy atom. The zero-order valence-electron chi connectivity index (χ0n) is 16.8. The molecule has 170 valence electrons. The Morgan fingerprint density at radius 3 is 2.18 bits per heavy atom. The van der Waals surface area contributed by atoms with Crippen LogP contribution >= 0.6 is 0 Å². The highest BCUT2D eigenvalue weighted by atomic mass is 19.4. The third kappa shape index (κ3) is 4.52. The van der Waals surface area contributed by atoms with Crippen molar-refractivity contribution in [1.29, 1.82) is 0 Å². The van der Waals surface area contributed by atoms with Crippen LogP contribution in [0.2, 0.25) is 0 Å². The van der Waals surface area contributed by atoms with Gasteiger partial charge in [-0.25, -0.2) is 9.67 Å². The van der Waals surface area contributed by atoms with Crippen molar-refractivity contribution < 1.29 is 31.1 Å². The molecule has 33 heavy (non-hydrogen) atoms. The maximum atomic E-state index is 13.1. The SMILES string of the molecule is Cc1c(C(=O)Nc2cc(C(F)(F)F)cc(C(F)(F)F)c2)cnn1-c1ccc2ccccc2n1. The zero-order valence-corrected chi connectivity index (χ0v) is 16.8. The molecule has 0 fully saturated rings. The quantitative estimate of drug-likeness (QED) is 0.378. The van der Waals surface area contributed by atoms with E-state index in [1.165, 1.54) is 17.8 Å². The number of nitrogens with zero attached hydrogens (tertiary/aromatic N) is 3. The summed E-state index contributed by atoms with van der Waals surface area (Å²) in [7, 11) is 0. The number of amides is 1. The molecular weight excluding hydrogens is 450 g/mol. The van der Waals surface area contributed by atoms with Crippen LogP contribution in [0.15, 0.2) is 60.8 Å². The summed E-state index contributed by atoms with van der Waals surface area (Å²) in [4.78, 5) is 17.1. The minimum atomic E-state index is -5.02. The van der Waals surface area contributed by atoms with E-state index in [4.69, 9.17) is 0 Å². The van der Waals surface area contributed by atoms with E-state index in [1.54, 1.807) is 24.3 Å². The number of alkyl halides is 6. The Morgan fingerprint density at radius 2 is 1.55 bits per heavy atom. The van der Waals surface area contributed by atoms with Gasteiger partial charge in [-0.05, 0) is 43.3 Å². The summed E-state index contributed by atoms with van der Waals surface area (Å²) in [6.07, 6.45) is -8.88. The summed E-state index contributed by atoms with van der Waals surface area (Å²) in [5.74, 6) is -0.518. The van der Waals surface area contributed by atoms with Gasteiger partial charge in [-0.2, -0.15) is 31.4 Å². The van der Waals surface area contributed by atoms with Gasteiger partial charge in [0.25, 0.3) is 5.91 Å². The number of carbonyl (C=O) groups is 1. The van der Waals surface area contributed by atoms with Gasteiger partial charge in [0.05, 0.1) is 34.1 Å². The first kappa shape index (κ1) is 22.3. The number of rotatable bonds is 3. The molecular formula is C22H14F6N4O. The molecule has 5 nitrogen and oxygen atoms in total. The van der Waals surface area contributed by atoms with E-state index >= 15 is 0 Å². The second-order valence-corrected chi connectivity index (χ2v) is 7.17. The number of pyridine rings is 1. The molecule has 0 saturated heterocycles. The number of carbonyl (C=O) groups excluding carboxylic acids is 1. The van der Waals surface area contributed by atoms with Crippen molar-refractivity contribution in [2.24, 2.45) is 0 Å². The van der Waals surface area contributed by atoms with Crippen LogP contribution < -0.4 is 5.32 Å². The monoisotopic (exact) mass is 464 g/mol. The van der Waals surface area contributed by atoms with Gasteiger partial charge in [0, 0.05) is 11.1 Å². The van der Waals surface area contributed by atoms with Crippen LogP contribution in [0.1, 0.15) is 27.2 Å². The van der Waals surface area contributed by atoms with Crippen LogP contribution in [-0.4, -0.2) is 20.7 Å². The number of hydrogen-bond donors (Lipinski definition) is 1. The van der Waals surface area contributed by atoms with Crippen molar-refractivity contribution >= 4 is 22.5 Å². The lowest BCUT2D eigenvalue weighted by Gasteiger charge is -2.14. The molecule has 4 aromatic rings. The number of anilines is 1. The number of hydrogen-bond acceptors (Lipinski definition) is 3. The molecule has 0 bridgehead atoms. The second kappa shape index (κ2) is 7.91. The molecule has 1 N–H and O–H groups in total. The Balaban J connectivity index is 1.66. The lowest BCUT2D eigenvalue weighted by Crippen LogP contribution is -2.16. The summed E-state index contributed by atoms with van der Waals surface area (Å²) in [6, 6.07) is 11.7. The second-order valence-electron chi connectivity index (χ2n) is 7.17. The Kier molecular flexibility index (Phi) is 5.35. The van der Waals surface area contributed by atoms with E-state index in [2.05, 4.69) is 15.4 Å². The Hall–Kier alpha value is -3.89. The first-order valence-electron chi connectivity index (χ1n) is 9.45. The maximum absolute atomic E-state index is 13.1. The van der Waals surface area contributed by atoms with Crippen LogP contribution in [0.4, 0.5) is 32.0 Å². The highest BCUT2D eigenvalue weighted by Crippen LogP contribution is 2.37. The van der Waals surface area contributed by atoms with Gasteiger partial charge >= 0.3 is 12.4 Å². The topological polar surface area (TPSA) is 59.8 Å². The third-order valence-corrected chi connectivity index (χ3v) is 4.90. The summed E-state index contributed by atoms with van der Waals surface area (Å²) >= 11 is 0. The average molecular weight is 464 g/mol. The van der Waals surface area contributed by atoms with Gasteiger partial charge in [-0.3, -0.25) is 4.79 Å². The molecule has 0 atom stereocenters. The van der Waals surface area contributed by atoms with Gasteiger partial charge < -0.3 is 5.32 Å². The molecule has 0 aliphatic rings. The molecule has 2 heterocycles. The van der Waals surface area contributed by atoms with Crippen LogP contribution in [0, 0.1) is 6.92 Å². The summed E-state index contributed by atoms with van der Waals surface area (Å²) in [5, 5.41) is 7.09. The largest absolute Gasteiger partial charge is 0.416 e. The average Bonchev–Trinajstić information content (AvgIpc) is 3.13. The summed E-state index contributed by atoms with van der Waals surface area (Å²) in [6.45, 7) is 1.53. The van der Waals surface area contributed by atoms with Crippen molar-refractivity contribution in [3.05, 3.63) is 83.2 Å². The summed E-state index contributed by atoms with van der Waals surface area (Å²) < 4.78 is 79.7. The third-order valence-electron chi connectivity index (χ3n) is 4.90. The van der Waals surface area contributed by atoms with E-state index < -0.39 is 35.1 Å². The van der Waals surface area contributed by atoms with E-state index in [9.17, 15) is 31.1 Å². The number of para-hydroxylation sites is 1. The van der Waals surface area contributed by atoms with Crippen LogP contribution in [0.3, 0.4) is 0 Å². The molecule has 1 amide bonds. The molecule has 0 saturated carbocycles. The fraction of sp³-hybridized carbons (Fsp3) is 0.136. The number of halogens is 6. The van der Waals surface area contributed by atoms with Crippen molar-refractivity contribution in [2.75, 3.05) is 5.32 Å². The van der Waals surface area contributed by atoms with Gasteiger partial charge in [0.1, 0.15) is 0 Å². The lowest BCUT2D eigenvalue weighted by molar-refractivity contribution is -0.143. The number of benzene rings is 2. The number of nitrogens with one attached hydrogen (secondary N) is 1. The van der Waals surface area contributed by atoms with Crippen molar-refractivity contribution in [1.82, 2.24) is 14.8 Å². The molecule has 0 aliphatic heterocycles. The van der Waals surface area contributed by atoms with E-state index in [-0.39, 0.29) is 11.6 Å². The van der Waals surface area contributed by atoms with Crippen molar-refractivity contribution in [3.63, 3.8) is 0 Å². The minimum absolute atomic E-state index is 0.00959. The maximum Gasteiger partial charge on any atom is 0.416 e. The predicted molar refractivity (Wildman–Crippen MR) is 108 cm³/mol. The lowest BCUT2D eigenvalue weighted by atomic mass is 10.1. The normalized spacial score (nSPS) is 12.2. The van der Waals surface area contributed by atoms with Crippen LogP contribution in [0.25, 0.3) is 16.7 Å². The first-order valence-corrected chi connectivity index (χ1v) is 9.45. The van der Waals surface area contributed by atoms with Gasteiger partial charge in [0.2, 0.25) is 0 Å². The van der Waals surface area contributed by atoms with Gasteiger partial charge in [0.15, 0.2) is 5.82 Å². The smallest absolute Gasteiger partial charge is 0.322 e. The fourth-order valence-electron chi connectivity index (χ4n) is 3.26. The molecule has 11 heteroatoms. The van der Waals surface area contributed by atoms with E-state index in [0.717, 1.165) is 5.39 Å². The van der Waals surface area contributed by atoms with Gasteiger partial charge in [-0.1, -0.05) is 18.2 Å². The molecule has 0 spiro atoms. The van der Waals surface area contributed by atoms with Crippen LogP contribution in [-0.2, 0) is 12.4 Å². The molecule has 0 radical (unpaired) electrons. The predicted octanol–water partition coefficient (Wildman–Crippen LogP) is 6.02.